The number of hydrogen-bond acceptors (Lipinski definition) is 3. The molecule has 1 amide bonds. The second kappa shape index (κ2) is 7.74. The van der Waals surface area contributed by atoms with Gasteiger partial charge >= 0.3 is 0 Å². The molecule has 0 spiro atoms. The zero-order chi connectivity index (χ0) is 22.5. The molecular weight excluding hydrogens is 410 g/mol. The standard InChI is InChI=1S/C27H27N5O/c1-31-15-19-13-18(14-20(19)16-31)25(17-5-3-2-4-6-17)26-21-9-11-29-22(21)7-8-24(26)32-12-10-23(30-32)27(28)33/h2-13,19-20,25,29H,14-16H2,1H3,(H2,28,33). The van der Waals surface area contributed by atoms with E-state index < -0.39 is 5.91 Å². The van der Waals surface area contributed by atoms with Gasteiger partial charge in [-0.15, -0.1) is 0 Å². The van der Waals surface area contributed by atoms with Crippen LogP contribution in [0.3, 0.4) is 0 Å². The van der Waals surface area contributed by atoms with Gasteiger partial charge in [0, 0.05) is 42.3 Å². The Morgan fingerprint density at radius 1 is 1.12 bits per heavy atom. The fourth-order valence-electron chi connectivity index (χ4n) is 5.83. The molecule has 33 heavy (non-hydrogen) atoms. The molecule has 166 valence electrons. The molecule has 3 unspecified atom stereocenters. The maximum Gasteiger partial charge on any atom is 0.269 e. The summed E-state index contributed by atoms with van der Waals surface area (Å²) in [5.41, 5.74) is 11.8. The topological polar surface area (TPSA) is 79.9 Å². The van der Waals surface area contributed by atoms with Crippen molar-refractivity contribution in [1.82, 2.24) is 19.7 Å². The third kappa shape index (κ3) is 3.38. The lowest BCUT2D eigenvalue weighted by molar-refractivity contribution is 0.0995. The summed E-state index contributed by atoms with van der Waals surface area (Å²) in [5.74, 6) is 0.874. The maximum absolute atomic E-state index is 11.7. The van der Waals surface area contributed by atoms with Crippen molar-refractivity contribution < 1.29 is 4.79 Å². The minimum Gasteiger partial charge on any atom is -0.364 e. The van der Waals surface area contributed by atoms with Crippen molar-refractivity contribution in [3.63, 3.8) is 0 Å². The lowest BCUT2D eigenvalue weighted by Crippen LogP contribution is -2.16. The molecule has 0 saturated carbocycles. The maximum atomic E-state index is 11.7. The van der Waals surface area contributed by atoms with Crippen molar-refractivity contribution in [1.29, 1.82) is 0 Å². The average Bonchev–Trinajstić information content (AvgIpc) is 3.58. The van der Waals surface area contributed by atoms with E-state index in [0.29, 0.717) is 11.8 Å². The first kappa shape index (κ1) is 20.0. The van der Waals surface area contributed by atoms with Gasteiger partial charge in [0.2, 0.25) is 0 Å². The minimum absolute atomic E-state index is 0.109. The van der Waals surface area contributed by atoms with E-state index in [1.807, 2.05) is 12.4 Å². The van der Waals surface area contributed by atoms with Crippen LogP contribution in [0.1, 0.15) is 34.0 Å². The number of nitrogens with zero attached hydrogens (tertiary/aromatic N) is 3. The molecule has 6 rings (SSSR count). The number of aromatic amines is 1. The van der Waals surface area contributed by atoms with Crippen molar-refractivity contribution in [2.24, 2.45) is 17.6 Å². The van der Waals surface area contributed by atoms with Gasteiger partial charge in [0.05, 0.1) is 5.69 Å². The Morgan fingerprint density at radius 2 is 1.97 bits per heavy atom. The highest BCUT2D eigenvalue weighted by molar-refractivity contribution is 5.91. The predicted octanol–water partition coefficient (Wildman–Crippen LogP) is 4.09. The van der Waals surface area contributed by atoms with Crippen molar-refractivity contribution in [2.45, 2.75) is 12.3 Å². The van der Waals surface area contributed by atoms with E-state index in [2.05, 4.69) is 76.6 Å². The molecule has 3 atom stereocenters. The van der Waals surface area contributed by atoms with Gasteiger partial charge in [-0.3, -0.25) is 4.79 Å². The molecule has 1 aliphatic heterocycles. The molecule has 2 aromatic heterocycles. The highest BCUT2D eigenvalue weighted by atomic mass is 16.1. The lowest BCUT2D eigenvalue weighted by Gasteiger charge is -2.25. The van der Waals surface area contributed by atoms with Crippen molar-refractivity contribution in [3.8, 4) is 5.69 Å². The zero-order valence-corrected chi connectivity index (χ0v) is 18.6. The molecule has 3 heterocycles. The number of likely N-dealkylation sites (tertiary alicyclic amines) is 1. The first-order chi connectivity index (χ1) is 16.1. The molecule has 0 radical (unpaired) electrons. The Bertz CT molecular complexity index is 1370. The quantitative estimate of drug-likeness (QED) is 0.462. The van der Waals surface area contributed by atoms with Gasteiger partial charge in [0.1, 0.15) is 5.69 Å². The second-order valence-electron chi connectivity index (χ2n) is 9.38. The Labute approximate surface area is 192 Å². The number of carbonyl (C=O) groups is 1. The average molecular weight is 438 g/mol. The van der Waals surface area contributed by atoms with Gasteiger partial charge in [-0.1, -0.05) is 42.0 Å². The normalized spacial score (nSPS) is 21.3. The lowest BCUT2D eigenvalue weighted by atomic mass is 9.81. The van der Waals surface area contributed by atoms with Crippen LogP contribution in [0, 0.1) is 11.8 Å². The Morgan fingerprint density at radius 3 is 2.73 bits per heavy atom. The highest BCUT2D eigenvalue weighted by Gasteiger charge is 2.38. The van der Waals surface area contributed by atoms with Crippen molar-refractivity contribution in [3.05, 3.63) is 95.5 Å². The first-order valence-electron chi connectivity index (χ1n) is 11.5. The molecule has 6 nitrogen and oxygen atoms in total. The minimum atomic E-state index is -0.520. The van der Waals surface area contributed by atoms with E-state index in [1.54, 1.807) is 10.7 Å². The van der Waals surface area contributed by atoms with Gasteiger partial charge in [0.15, 0.2) is 0 Å². The third-order valence-corrected chi connectivity index (χ3v) is 7.23. The number of H-pyrrole nitrogens is 1. The number of nitrogens with two attached hydrogens (primary N) is 1. The van der Waals surface area contributed by atoms with Crippen LogP contribution in [-0.4, -0.2) is 45.7 Å². The van der Waals surface area contributed by atoms with E-state index >= 15 is 0 Å². The van der Waals surface area contributed by atoms with Crippen LogP contribution in [-0.2, 0) is 0 Å². The van der Waals surface area contributed by atoms with E-state index in [4.69, 9.17) is 5.73 Å². The molecule has 2 aliphatic rings. The number of hydrogen-bond donors (Lipinski definition) is 2. The van der Waals surface area contributed by atoms with Gasteiger partial charge < -0.3 is 15.6 Å². The fraction of sp³-hybridized carbons (Fsp3) is 0.259. The predicted molar refractivity (Wildman–Crippen MR) is 129 cm³/mol. The van der Waals surface area contributed by atoms with Crippen LogP contribution in [0.4, 0.5) is 0 Å². The van der Waals surface area contributed by atoms with Gasteiger partial charge in [-0.05, 0) is 60.7 Å². The van der Waals surface area contributed by atoms with Gasteiger partial charge in [-0.25, -0.2) is 4.68 Å². The molecule has 1 aliphatic carbocycles. The van der Waals surface area contributed by atoms with Crippen molar-refractivity contribution in [2.75, 3.05) is 20.1 Å². The number of primary amides is 1. The largest absolute Gasteiger partial charge is 0.364 e. The van der Waals surface area contributed by atoms with Gasteiger partial charge in [0.25, 0.3) is 5.91 Å². The number of carbonyl (C=O) groups excluding carboxylic acids is 1. The highest BCUT2D eigenvalue weighted by Crippen LogP contribution is 2.47. The molecule has 3 N–H and O–H groups in total. The number of nitrogens with one attached hydrogen (secondary N) is 1. The smallest absolute Gasteiger partial charge is 0.269 e. The number of aromatic nitrogens is 3. The van der Waals surface area contributed by atoms with Crippen LogP contribution >= 0.6 is 0 Å². The summed E-state index contributed by atoms with van der Waals surface area (Å²) in [7, 11) is 2.22. The first-order valence-corrected chi connectivity index (χ1v) is 11.5. The van der Waals surface area contributed by atoms with Crippen molar-refractivity contribution >= 4 is 16.8 Å². The van der Waals surface area contributed by atoms with Crippen LogP contribution < -0.4 is 5.73 Å². The van der Waals surface area contributed by atoms with Gasteiger partial charge in [-0.2, -0.15) is 5.10 Å². The Kier molecular flexibility index (Phi) is 4.69. The van der Waals surface area contributed by atoms with Crippen LogP contribution in [0.15, 0.2) is 78.6 Å². The van der Waals surface area contributed by atoms with E-state index in [-0.39, 0.29) is 11.6 Å². The van der Waals surface area contributed by atoms with Crippen LogP contribution in [0.25, 0.3) is 16.6 Å². The van der Waals surface area contributed by atoms with E-state index in [1.165, 1.54) is 22.1 Å². The summed E-state index contributed by atoms with van der Waals surface area (Å²) in [5, 5.41) is 5.68. The number of allylic oxidation sites excluding steroid dienone is 1. The Balaban J connectivity index is 1.57. The molecule has 2 aromatic carbocycles. The number of benzene rings is 2. The zero-order valence-electron chi connectivity index (χ0n) is 18.6. The Hall–Kier alpha value is -3.64. The fourth-order valence-corrected chi connectivity index (χ4v) is 5.83. The summed E-state index contributed by atoms with van der Waals surface area (Å²) in [4.78, 5) is 17.5. The summed E-state index contributed by atoms with van der Waals surface area (Å²) in [6.07, 6.45) is 7.44. The van der Waals surface area contributed by atoms with Crippen LogP contribution in [0.2, 0.25) is 0 Å². The number of amides is 1. The van der Waals surface area contributed by atoms with E-state index in [9.17, 15) is 4.79 Å². The number of rotatable bonds is 5. The molecule has 0 bridgehead atoms. The molecular formula is C27H27N5O. The molecule has 1 fully saturated rings. The summed E-state index contributed by atoms with van der Waals surface area (Å²) in [6, 6.07) is 18.7. The molecule has 6 heteroatoms. The third-order valence-electron chi connectivity index (χ3n) is 7.23. The van der Waals surface area contributed by atoms with E-state index in [0.717, 1.165) is 30.7 Å². The summed E-state index contributed by atoms with van der Waals surface area (Å²) < 4.78 is 1.79. The second-order valence-corrected chi connectivity index (χ2v) is 9.38. The summed E-state index contributed by atoms with van der Waals surface area (Å²) >= 11 is 0. The number of fused-ring (bicyclic) bond motifs is 2. The summed E-state index contributed by atoms with van der Waals surface area (Å²) in [6.45, 7) is 2.27. The monoisotopic (exact) mass is 437 g/mol. The molecule has 1 saturated heterocycles. The van der Waals surface area contributed by atoms with Crippen LogP contribution in [0.5, 0.6) is 0 Å². The SMILES string of the molecule is CN1CC2C=C(C(c3ccccc3)c3c(-n4ccc(C(N)=O)n4)ccc4[nH]ccc34)CC2C1. The molecule has 4 aromatic rings.